The lowest BCUT2D eigenvalue weighted by molar-refractivity contribution is 1.09. The molecule has 3 heterocycles. The summed E-state index contributed by atoms with van der Waals surface area (Å²) in [6.07, 6.45) is 5.64. The number of benzene rings is 5. The smallest absolute Gasteiger partial charge is 0.138 e. The molecule has 0 fully saturated rings. The largest absolute Gasteiger partial charge is 0.311 e. The van der Waals surface area contributed by atoms with E-state index in [1.807, 2.05) is 18.5 Å². The molecular weight excluding hydrogens is 512 g/mol. The molecule has 0 amide bonds. The topological polar surface area (TPSA) is 34.0 Å². The zero-order chi connectivity index (χ0) is 27.9. The minimum absolute atomic E-state index is 0.885. The molecule has 8 aromatic rings. The summed E-state index contributed by atoms with van der Waals surface area (Å²) in [4.78, 5) is 11.5. The van der Waals surface area contributed by atoms with Gasteiger partial charge in [0.2, 0.25) is 0 Å². The van der Waals surface area contributed by atoms with Crippen molar-refractivity contribution in [2.24, 2.45) is 0 Å². The molecule has 5 aromatic carbocycles. The summed E-state index contributed by atoms with van der Waals surface area (Å²) in [7, 11) is 0. The van der Waals surface area contributed by atoms with E-state index in [1.165, 1.54) is 10.8 Å². The molecule has 0 aliphatic carbocycles. The molecule has 8 rings (SSSR count). The fourth-order valence-corrected chi connectivity index (χ4v) is 5.89. The third kappa shape index (κ3) is 4.09. The van der Waals surface area contributed by atoms with Gasteiger partial charge in [0.25, 0.3) is 0 Å². The van der Waals surface area contributed by atoms with E-state index in [-0.39, 0.29) is 0 Å². The summed E-state index contributed by atoms with van der Waals surface area (Å²) < 4.78 is 2.27. The van der Waals surface area contributed by atoms with Crippen molar-refractivity contribution in [3.05, 3.63) is 158 Å². The van der Waals surface area contributed by atoms with Crippen LogP contribution >= 0.6 is 0 Å². The fraction of sp³-hybridized carbons (Fsp3) is 0. The van der Waals surface area contributed by atoms with Crippen LogP contribution in [0.1, 0.15) is 0 Å². The van der Waals surface area contributed by atoms with Gasteiger partial charge in [0.05, 0.1) is 11.0 Å². The number of hydrogen-bond acceptors (Lipinski definition) is 3. The Hall–Kier alpha value is -5.74. The van der Waals surface area contributed by atoms with Gasteiger partial charge in [-0.2, -0.15) is 0 Å². The van der Waals surface area contributed by atoms with Crippen molar-refractivity contribution in [3.8, 4) is 16.9 Å². The predicted octanol–water partition coefficient (Wildman–Crippen LogP) is 9.86. The Bertz CT molecular complexity index is 2140. The first-order valence-electron chi connectivity index (χ1n) is 14.1. The number of anilines is 3. The number of nitrogens with zero attached hydrogens (tertiary/aromatic N) is 4. The van der Waals surface area contributed by atoms with Crippen molar-refractivity contribution >= 4 is 49.6 Å². The van der Waals surface area contributed by atoms with Crippen LogP contribution in [-0.4, -0.2) is 14.5 Å². The van der Waals surface area contributed by atoms with Crippen LogP contribution in [0.4, 0.5) is 17.1 Å². The molecule has 0 saturated carbocycles. The lowest BCUT2D eigenvalue weighted by atomic mass is 10.0. The number of fused-ring (bicyclic) bond motifs is 4. The van der Waals surface area contributed by atoms with Gasteiger partial charge in [-0.05, 0) is 71.8 Å². The third-order valence-electron chi connectivity index (χ3n) is 7.90. The summed E-state index contributed by atoms with van der Waals surface area (Å²) in [6, 6.07) is 49.2. The van der Waals surface area contributed by atoms with Crippen molar-refractivity contribution < 1.29 is 0 Å². The molecule has 0 N–H and O–H groups in total. The van der Waals surface area contributed by atoms with Gasteiger partial charge in [-0.3, -0.25) is 9.55 Å². The molecule has 0 spiro atoms. The van der Waals surface area contributed by atoms with Gasteiger partial charge in [-0.15, -0.1) is 0 Å². The van der Waals surface area contributed by atoms with Gasteiger partial charge in [0.1, 0.15) is 5.82 Å². The van der Waals surface area contributed by atoms with E-state index in [0.29, 0.717) is 0 Å². The van der Waals surface area contributed by atoms with Gasteiger partial charge in [0, 0.05) is 57.2 Å². The zero-order valence-corrected chi connectivity index (χ0v) is 22.8. The minimum Gasteiger partial charge on any atom is -0.311 e. The zero-order valence-electron chi connectivity index (χ0n) is 22.8. The number of para-hydroxylation sites is 3. The van der Waals surface area contributed by atoms with E-state index in [0.717, 1.165) is 55.8 Å². The van der Waals surface area contributed by atoms with Crippen molar-refractivity contribution in [2.75, 3.05) is 4.90 Å². The van der Waals surface area contributed by atoms with E-state index in [1.54, 1.807) is 6.20 Å². The van der Waals surface area contributed by atoms with E-state index < -0.39 is 0 Å². The molecule has 42 heavy (non-hydrogen) atoms. The standard InChI is InChI=1S/C38H26N4/c1-3-9-31(10-4-1)41(32-11-5-2-6-12-32)33-18-15-27(16-19-33)28-17-20-35-34-13-7-8-14-36(34)42(37(35)23-28)38-24-30-25-39-22-21-29(30)26-40-38/h1-26H. The van der Waals surface area contributed by atoms with Crippen LogP contribution < -0.4 is 4.90 Å². The van der Waals surface area contributed by atoms with Crippen LogP contribution in [0, 0.1) is 0 Å². The van der Waals surface area contributed by atoms with Gasteiger partial charge in [-0.25, -0.2) is 4.98 Å². The molecule has 4 heteroatoms. The predicted molar refractivity (Wildman–Crippen MR) is 174 cm³/mol. The molecular formula is C38H26N4. The summed E-state index contributed by atoms with van der Waals surface area (Å²) >= 11 is 0. The highest BCUT2D eigenvalue weighted by Gasteiger charge is 2.15. The van der Waals surface area contributed by atoms with Crippen LogP contribution in [0.5, 0.6) is 0 Å². The Morgan fingerprint density at radius 3 is 1.88 bits per heavy atom. The Labute approximate surface area is 243 Å². The Kier molecular flexibility index (Phi) is 5.75. The molecule has 0 aliphatic rings. The van der Waals surface area contributed by atoms with Gasteiger partial charge in [-0.1, -0.05) is 78.9 Å². The van der Waals surface area contributed by atoms with Crippen LogP contribution in [0.2, 0.25) is 0 Å². The first-order chi connectivity index (χ1) is 20.8. The SMILES string of the molecule is c1ccc(N(c2ccccc2)c2ccc(-c3ccc4c5ccccc5n(-c5cc6cnccc6cn5)c4c3)cc2)cc1. The summed E-state index contributed by atoms with van der Waals surface area (Å²) in [5, 5.41) is 4.57. The Morgan fingerprint density at radius 1 is 0.476 bits per heavy atom. The van der Waals surface area contributed by atoms with Crippen LogP contribution in [0.3, 0.4) is 0 Å². The maximum absolute atomic E-state index is 4.87. The number of aromatic nitrogens is 3. The molecule has 4 nitrogen and oxygen atoms in total. The van der Waals surface area contributed by atoms with E-state index in [2.05, 4.69) is 148 Å². The quantitative estimate of drug-likeness (QED) is 0.219. The number of rotatable bonds is 5. The molecule has 0 unspecified atom stereocenters. The minimum atomic E-state index is 0.885. The first-order valence-corrected chi connectivity index (χ1v) is 14.1. The molecule has 0 bridgehead atoms. The van der Waals surface area contributed by atoms with E-state index >= 15 is 0 Å². The Balaban J connectivity index is 1.25. The maximum atomic E-state index is 4.87. The lowest BCUT2D eigenvalue weighted by Gasteiger charge is -2.25. The number of hydrogen-bond donors (Lipinski definition) is 0. The van der Waals surface area contributed by atoms with Crippen molar-refractivity contribution in [1.82, 2.24) is 14.5 Å². The normalized spacial score (nSPS) is 11.3. The third-order valence-corrected chi connectivity index (χ3v) is 7.90. The van der Waals surface area contributed by atoms with Crippen molar-refractivity contribution in [2.45, 2.75) is 0 Å². The van der Waals surface area contributed by atoms with E-state index in [4.69, 9.17) is 4.98 Å². The van der Waals surface area contributed by atoms with Gasteiger partial charge >= 0.3 is 0 Å². The summed E-state index contributed by atoms with van der Waals surface area (Å²) in [5.74, 6) is 0.885. The lowest BCUT2D eigenvalue weighted by Crippen LogP contribution is -2.09. The monoisotopic (exact) mass is 538 g/mol. The van der Waals surface area contributed by atoms with Crippen LogP contribution in [0.15, 0.2) is 158 Å². The maximum Gasteiger partial charge on any atom is 0.138 e. The molecule has 0 atom stereocenters. The molecule has 0 aliphatic heterocycles. The molecule has 0 saturated heterocycles. The second-order valence-corrected chi connectivity index (χ2v) is 10.4. The summed E-state index contributed by atoms with van der Waals surface area (Å²) in [5.41, 5.74) is 7.95. The fourth-order valence-electron chi connectivity index (χ4n) is 5.89. The highest BCUT2D eigenvalue weighted by molar-refractivity contribution is 6.10. The van der Waals surface area contributed by atoms with E-state index in [9.17, 15) is 0 Å². The molecule has 198 valence electrons. The van der Waals surface area contributed by atoms with Gasteiger partial charge < -0.3 is 4.90 Å². The highest BCUT2D eigenvalue weighted by atomic mass is 15.1. The molecule has 3 aromatic heterocycles. The molecule has 0 radical (unpaired) electrons. The van der Waals surface area contributed by atoms with Crippen molar-refractivity contribution in [1.29, 1.82) is 0 Å². The Morgan fingerprint density at radius 2 is 1.12 bits per heavy atom. The average molecular weight is 539 g/mol. The highest BCUT2D eigenvalue weighted by Crippen LogP contribution is 2.37. The number of pyridine rings is 2. The van der Waals surface area contributed by atoms with Crippen LogP contribution in [0.25, 0.3) is 49.5 Å². The van der Waals surface area contributed by atoms with Crippen molar-refractivity contribution in [3.63, 3.8) is 0 Å². The first kappa shape index (κ1) is 24.1. The second kappa shape index (κ2) is 10.0. The average Bonchev–Trinajstić information content (AvgIpc) is 3.40. The second-order valence-electron chi connectivity index (χ2n) is 10.4. The van der Waals surface area contributed by atoms with Crippen LogP contribution in [-0.2, 0) is 0 Å². The van der Waals surface area contributed by atoms with Gasteiger partial charge in [0.15, 0.2) is 0 Å². The summed E-state index contributed by atoms with van der Waals surface area (Å²) in [6.45, 7) is 0.